The van der Waals surface area contributed by atoms with Crippen LogP contribution in [0.3, 0.4) is 0 Å². The molecular formula is C22H17N5O2. The van der Waals surface area contributed by atoms with Gasteiger partial charge in [-0.1, -0.05) is 30.3 Å². The second-order valence-electron chi connectivity index (χ2n) is 6.89. The van der Waals surface area contributed by atoms with Crippen LogP contribution in [0.25, 0.3) is 16.9 Å². The molecule has 2 aromatic carbocycles. The quantitative estimate of drug-likeness (QED) is 0.517. The Labute approximate surface area is 166 Å². The summed E-state index contributed by atoms with van der Waals surface area (Å²) >= 11 is 0. The van der Waals surface area contributed by atoms with E-state index < -0.39 is 0 Å². The fourth-order valence-corrected chi connectivity index (χ4v) is 3.64. The molecule has 0 saturated heterocycles. The molecule has 4 aromatic rings. The maximum absolute atomic E-state index is 12.5. The van der Waals surface area contributed by atoms with Gasteiger partial charge in [0.05, 0.1) is 0 Å². The number of nitrogens with one attached hydrogen (secondary N) is 1. The van der Waals surface area contributed by atoms with Crippen LogP contribution in [0.2, 0.25) is 0 Å². The standard InChI is InChI=1S/C22H17N5O2/c28-21(14-27-22(29)9-8-20(25-27)26-11-3-10-23-26)24-17-6-7-19-16(13-17)12-15-4-1-2-5-18(15)19/h1-11,13H,12,14H2,(H,24,28). The molecule has 1 aliphatic rings. The van der Waals surface area contributed by atoms with Gasteiger partial charge in [-0.2, -0.15) is 5.10 Å². The van der Waals surface area contributed by atoms with Crippen molar-refractivity contribution in [2.75, 3.05) is 5.32 Å². The number of nitrogens with zero attached hydrogens (tertiary/aromatic N) is 4. The van der Waals surface area contributed by atoms with Gasteiger partial charge < -0.3 is 5.32 Å². The average Bonchev–Trinajstić information content (AvgIpc) is 3.37. The molecule has 0 atom stereocenters. The highest BCUT2D eigenvalue weighted by Gasteiger charge is 2.18. The van der Waals surface area contributed by atoms with Gasteiger partial charge in [-0.15, -0.1) is 5.10 Å². The first-order valence-corrected chi connectivity index (χ1v) is 9.27. The van der Waals surface area contributed by atoms with Crippen molar-refractivity contribution in [2.24, 2.45) is 0 Å². The normalized spacial score (nSPS) is 11.7. The number of fused-ring (bicyclic) bond motifs is 3. The Morgan fingerprint density at radius 3 is 2.72 bits per heavy atom. The van der Waals surface area contributed by atoms with Gasteiger partial charge in [0.2, 0.25) is 5.91 Å². The third kappa shape index (κ3) is 3.23. The summed E-state index contributed by atoms with van der Waals surface area (Å²) in [6.45, 7) is -0.175. The molecular weight excluding hydrogens is 366 g/mol. The Morgan fingerprint density at radius 2 is 1.86 bits per heavy atom. The second kappa shape index (κ2) is 6.87. The van der Waals surface area contributed by atoms with E-state index in [1.54, 1.807) is 24.5 Å². The number of hydrogen-bond acceptors (Lipinski definition) is 4. The minimum Gasteiger partial charge on any atom is -0.324 e. The maximum atomic E-state index is 12.5. The highest BCUT2D eigenvalue weighted by Crippen LogP contribution is 2.37. The molecule has 0 fully saturated rings. The number of carbonyl (C=O) groups is 1. The first-order chi connectivity index (χ1) is 14.2. The summed E-state index contributed by atoms with van der Waals surface area (Å²) in [5, 5.41) is 11.2. The van der Waals surface area contributed by atoms with Crippen LogP contribution in [0, 0.1) is 0 Å². The molecule has 1 N–H and O–H groups in total. The summed E-state index contributed by atoms with van der Waals surface area (Å²) in [4.78, 5) is 24.6. The van der Waals surface area contributed by atoms with Crippen molar-refractivity contribution in [3.05, 3.63) is 94.5 Å². The van der Waals surface area contributed by atoms with Gasteiger partial charge in [0.15, 0.2) is 5.82 Å². The Bertz CT molecular complexity index is 1270. The SMILES string of the molecule is O=C(Cn1nc(-n2cccn2)ccc1=O)Nc1ccc2c(c1)Cc1ccccc1-2. The van der Waals surface area contributed by atoms with Crippen molar-refractivity contribution >= 4 is 11.6 Å². The topological polar surface area (TPSA) is 81.8 Å². The van der Waals surface area contributed by atoms with Crippen LogP contribution < -0.4 is 10.9 Å². The van der Waals surface area contributed by atoms with Crippen LogP contribution in [-0.4, -0.2) is 25.5 Å². The van der Waals surface area contributed by atoms with E-state index in [1.807, 2.05) is 30.3 Å². The van der Waals surface area contributed by atoms with Crippen LogP contribution in [0.4, 0.5) is 5.69 Å². The lowest BCUT2D eigenvalue weighted by molar-refractivity contribution is -0.117. The molecule has 0 spiro atoms. The molecule has 0 saturated carbocycles. The number of benzene rings is 2. The van der Waals surface area contributed by atoms with Gasteiger partial charge in [0, 0.05) is 24.1 Å². The van der Waals surface area contributed by atoms with Crippen LogP contribution in [0.1, 0.15) is 11.1 Å². The highest BCUT2D eigenvalue weighted by molar-refractivity contribution is 5.91. The summed E-state index contributed by atoms with van der Waals surface area (Å²) in [6, 6.07) is 18.9. The largest absolute Gasteiger partial charge is 0.324 e. The molecule has 2 heterocycles. The third-order valence-electron chi connectivity index (χ3n) is 4.96. The summed E-state index contributed by atoms with van der Waals surface area (Å²) in [5.74, 6) is 0.158. The van der Waals surface area contributed by atoms with Crippen LogP contribution in [0.5, 0.6) is 0 Å². The first kappa shape index (κ1) is 17.1. The second-order valence-corrected chi connectivity index (χ2v) is 6.89. The van der Waals surface area contributed by atoms with Crippen molar-refractivity contribution in [1.82, 2.24) is 19.6 Å². The van der Waals surface area contributed by atoms with Crippen molar-refractivity contribution in [2.45, 2.75) is 13.0 Å². The number of anilines is 1. The van der Waals surface area contributed by atoms with Crippen LogP contribution in [0.15, 0.2) is 77.9 Å². The molecule has 29 heavy (non-hydrogen) atoms. The van der Waals surface area contributed by atoms with Crippen LogP contribution >= 0.6 is 0 Å². The fraction of sp³-hybridized carbons (Fsp3) is 0.0909. The number of aromatic nitrogens is 4. The van der Waals surface area contributed by atoms with Gasteiger partial charge in [0.1, 0.15) is 6.54 Å². The molecule has 0 unspecified atom stereocenters. The summed E-state index contributed by atoms with van der Waals surface area (Å²) in [5.41, 5.74) is 5.27. The summed E-state index contributed by atoms with van der Waals surface area (Å²) in [6.07, 6.45) is 4.19. The van der Waals surface area contributed by atoms with Crippen molar-refractivity contribution < 1.29 is 4.79 Å². The number of amides is 1. The van der Waals surface area contributed by atoms with E-state index in [9.17, 15) is 9.59 Å². The predicted octanol–water partition coefficient (Wildman–Crippen LogP) is 2.64. The Hall–Kier alpha value is -4.00. The van der Waals surface area contributed by atoms with E-state index in [0.717, 1.165) is 11.1 Å². The third-order valence-corrected chi connectivity index (χ3v) is 4.96. The molecule has 2 aromatic heterocycles. The fourth-order valence-electron chi connectivity index (χ4n) is 3.64. The molecule has 1 aliphatic carbocycles. The van der Waals surface area contributed by atoms with Crippen molar-refractivity contribution in [3.8, 4) is 16.9 Å². The first-order valence-electron chi connectivity index (χ1n) is 9.27. The molecule has 0 radical (unpaired) electrons. The smallest absolute Gasteiger partial charge is 0.267 e. The number of rotatable bonds is 4. The monoisotopic (exact) mass is 383 g/mol. The Morgan fingerprint density at radius 1 is 1.00 bits per heavy atom. The lowest BCUT2D eigenvalue weighted by Crippen LogP contribution is -2.30. The van der Waals surface area contributed by atoms with Crippen LogP contribution in [-0.2, 0) is 17.8 Å². The van der Waals surface area contributed by atoms with Gasteiger partial charge in [0.25, 0.3) is 5.56 Å². The molecule has 7 heteroatoms. The van der Waals surface area contributed by atoms with Crippen molar-refractivity contribution in [3.63, 3.8) is 0 Å². The minimum absolute atomic E-state index is 0.175. The van der Waals surface area contributed by atoms with Gasteiger partial charge in [-0.3, -0.25) is 9.59 Å². The number of hydrogen-bond donors (Lipinski definition) is 1. The van der Waals surface area contributed by atoms with E-state index in [4.69, 9.17) is 0 Å². The lowest BCUT2D eigenvalue weighted by atomic mass is 10.1. The van der Waals surface area contributed by atoms with E-state index in [2.05, 4.69) is 27.6 Å². The summed E-state index contributed by atoms with van der Waals surface area (Å²) in [7, 11) is 0. The molecule has 7 nitrogen and oxygen atoms in total. The molecule has 5 rings (SSSR count). The zero-order chi connectivity index (χ0) is 19.8. The van der Waals surface area contributed by atoms with Crippen molar-refractivity contribution in [1.29, 1.82) is 0 Å². The minimum atomic E-state index is -0.347. The lowest BCUT2D eigenvalue weighted by Gasteiger charge is -2.09. The zero-order valence-corrected chi connectivity index (χ0v) is 15.4. The molecule has 0 aliphatic heterocycles. The van der Waals surface area contributed by atoms with E-state index in [0.29, 0.717) is 11.5 Å². The maximum Gasteiger partial charge on any atom is 0.267 e. The molecule has 1 amide bonds. The molecule has 0 bridgehead atoms. The van der Waals surface area contributed by atoms with Gasteiger partial charge in [-0.25, -0.2) is 9.36 Å². The highest BCUT2D eigenvalue weighted by atomic mass is 16.2. The van der Waals surface area contributed by atoms with E-state index in [-0.39, 0.29) is 18.0 Å². The number of carbonyl (C=O) groups excluding carboxylic acids is 1. The average molecular weight is 383 g/mol. The van der Waals surface area contributed by atoms with Gasteiger partial charge in [-0.05, 0) is 52.9 Å². The Kier molecular flexibility index (Phi) is 4.05. The molecule has 142 valence electrons. The summed E-state index contributed by atoms with van der Waals surface area (Å²) < 4.78 is 2.67. The zero-order valence-electron chi connectivity index (χ0n) is 15.4. The van der Waals surface area contributed by atoms with E-state index in [1.165, 1.54) is 33.0 Å². The Balaban J connectivity index is 1.34. The van der Waals surface area contributed by atoms with E-state index >= 15 is 0 Å². The van der Waals surface area contributed by atoms with Gasteiger partial charge >= 0.3 is 0 Å². The predicted molar refractivity (Wildman–Crippen MR) is 109 cm³/mol.